The molecule has 2 saturated carbocycles. The molecule has 4 rings (SSSR count). The van der Waals surface area contributed by atoms with Gasteiger partial charge in [-0.05, 0) is 69.1 Å². The molecule has 2 aromatic rings. The Labute approximate surface area is 175 Å². The van der Waals surface area contributed by atoms with Crippen molar-refractivity contribution in [2.24, 2.45) is 22.9 Å². The lowest BCUT2D eigenvalue weighted by Gasteiger charge is -2.28. The fraction of sp³-hybridized carbons (Fsp3) is 0.600. The van der Waals surface area contributed by atoms with E-state index in [0.29, 0.717) is 23.1 Å². The lowest BCUT2D eigenvalue weighted by atomic mass is 9.84. The zero-order chi connectivity index (χ0) is 20.8. The SMILES string of the molecule is CCn1c(SCC(=O)N[C@H](C)[C@@H]2C[C@@H]3CC[C@@H]2C3)nc2cc(S(N)(=O)=O)ccc21. The monoisotopic (exact) mass is 436 g/mol. The van der Waals surface area contributed by atoms with Gasteiger partial charge in [0.1, 0.15) is 0 Å². The summed E-state index contributed by atoms with van der Waals surface area (Å²) in [5.74, 6) is 2.56. The molecular weight excluding hydrogens is 408 g/mol. The van der Waals surface area contributed by atoms with Crippen LogP contribution in [-0.2, 0) is 21.4 Å². The van der Waals surface area contributed by atoms with Crippen molar-refractivity contribution >= 4 is 38.7 Å². The zero-order valence-electron chi connectivity index (χ0n) is 16.8. The van der Waals surface area contributed by atoms with Crippen molar-refractivity contribution in [3.63, 3.8) is 0 Å². The number of aromatic nitrogens is 2. The average Bonchev–Trinajstić information content (AvgIpc) is 3.38. The van der Waals surface area contributed by atoms with E-state index in [2.05, 4.69) is 17.2 Å². The summed E-state index contributed by atoms with van der Waals surface area (Å²) in [7, 11) is -3.78. The molecule has 2 bridgehead atoms. The molecule has 2 aliphatic rings. The second kappa shape index (κ2) is 7.92. The van der Waals surface area contributed by atoms with Crippen molar-refractivity contribution in [3.8, 4) is 0 Å². The maximum atomic E-state index is 12.5. The number of benzene rings is 1. The molecule has 2 fully saturated rings. The minimum atomic E-state index is -3.78. The van der Waals surface area contributed by atoms with Crippen molar-refractivity contribution in [2.45, 2.75) is 62.2 Å². The fourth-order valence-corrected chi connectivity index (χ4v) is 6.54. The molecule has 0 saturated heterocycles. The average molecular weight is 437 g/mol. The summed E-state index contributed by atoms with van der Waals surface area (Å²) in [6.45, 7) is 4.80. The van der Waals surface area contributed by atoms with Crippen molar-refractivity contribution in [3.05, 3.63) is 18.2 Å². The number of thioether (sulfide) groups is 1. The Hall–Kier alpha value is -1.58. The Morgan fingerprint density at radius 3 is 2.79 bits per heavy atom. The van der Waals surface area contributed by atoms with Crippen LogP contribution in [0.1, 0.15) is 39.5 Å². The highest BCUT2D eigenvalue weighted by atomic mass is 32.2. The normalized spacial score (nSPS) is 24.9. The van der Waals surface area contributed by atoms with E-state index in [4.69, 9.17) is 5.14 Å². The van der Waals surface area contributed by atoms with Crippen molar-refractivity contribution in [1.29, 1.82) is 0 Å². The maximum Gasteiger partial charge on any atom is 0.238 e. The Morgan fingerprint density at radius 2 is 2.17 bits per heavy atom. The van der Waals surface area contributed by atoms with E-state index < -0.39 is 10.0 Å². The summed E-state index contributed by atoms with van der Waals surface area (Å²) in [5, 5.41) is 9.11. The molecule has 0 spiro atoms. The molecule has 3 N–H and O–H groups in total. The molecule has 7 nitrogen and oxygen atoms in total. The summed E-state index contributed by atoms with van der Waals surface area (Å²) < 4.78 is 25.2. The van der Waals surface area contributed by atoms with E-state index in [1.807, 2.05) is 11.5 Å². The van der Waals surface area contributed by atoms with Crippen molar-refractivity contribution in [2.75, 3.05) is 5.75 Å². The van der Waals surface area contributed by atoms with Gasteiger partial charge in [0.25, 0.3) is 0 Å². The van der Waals surface area contributed by atoms with Gasteiger partial charge >= 0.3 is 0 Å². The lowest BCUT2D eigenvalue weighted by Crippen LogP contribution is -2.40. The minimum Gasteiger partial charge on any atom is -0.353 e. The number of fused-ring (bicyclic) bond motifs is 3. The number of imidazole rings is 1. The summed E-state index contributed by atoms with van der Waals surface area (Å²) in [6.07, 6.45) is 5.25. The van der Waals surface area contributed by atoms with Crippen LogP contribution in [0.3, 0.4) is 0 Å². The number of nitrogens with two attached hydrogens (primary N) is 1. The largest absolute Gasteiger partial charge is 0.353 e. The third-order valence-corrected chi connectivity index (χ3v) is 8.37. The quantitative estimate of drug-likeness (QED) is 0.649. The van der Waals surface area contributed by atoms with Gasteiger partial charge in [-0.2, -0.15) is 0 Å². The first-order chi connectivity index (χ1) is 13.8. The molecule has 1 aromatic carbocycles. The van der Waals surface area contributed by atoms with E-state index in [0.717, 1.165) is 17.4 Å². The van der Waals surface area contributed by atoms with Crippen LogP contribution < -0.4 is 10.5 Å². The number of nitrogens with zero attached hydrogens (tertiary/aromatic N) is 2. The van der Waals surface area contributed by atoms with Gasteiger partial charge < -0.3 is 9.88 Å². The number of carbonyl (C=O) groups excluding carboxylic acids is 1. The summed E-state index contributed by atoms with van der Waals surface area (Å²) in [6, 6.07) is 4.90. The van der Waals surface area contributed by atoms with Gasteiger partial charge in [-0.15, -0.1) is 0 Å². The topological polar surface area (TPSA) is 107 Å². The molecule has 2 aliphatic carbocycles. The van der Waals surface area contributed by atoms with Gasteiger partial charge in [0, 0.05) is 12.6 Å². The predicted molar refractivity (Wildman–Crippen MR) is 114 cm³/mol. The summed E-state index contributed by atoms with van der Waals surface area (Å²) >= 11 is 1.38. The highest BCUT2D eigenvalue weighted by Gasteiger charge is 2.42. The number of nitrogens with one attached hydrogen (secondary N) is 1. The number of aryl methyl sites for hydroxylation is 1. The molecule has 29 heavy (non-hydrogen) atoms. The van der Waals surface area contributed by atoms with Crippen LogP contribution in [-0.4, -0.2) is 35.7 Å². The van der Waals surface area contributed by atoms with E-state index in [1.165, 1.54) is 49.6 Å². The second-order valence-corrected chi connectivity index (χ2v) is 10.8. The molecule has 0 radical (unpaired) electrons. The molecule has 158 valence electrons. The molecule has 1 aromatic heterocycles. The second-order valence-electron chi connectivity index (χ2n) is 8.32. The Balaban J connectivity index is 1.42. The lowest BCUT2D eigenvalue weighted by molar-refractivity contribution is -0.119. The predicted octanol–water partition coefficient (Wildman–Crippen LogP) is 2.74. The first kappa shape index (κ1) is 20.7. The van der Waals surface area contributed by atoms with Crippen molar-refractivity contribution < 1.29 is 13.2 Å². The van der Waals surface area contributed by atoms with E-state index in [9.17, 15) is 13.2 Å². The molecule has 0 aliphatic heterocycles. The molecule has 4 atom stereocenters. The zero-order valence-corrected chi connectivity index (χ0v) is 18.4. The molecular formula is C20H28N4O3S2. The van der Waals surface area contributed by atoms with Crippen LogP contribution >= 0.6 is 11.8 Å². The van der Waals surface area contributed by atoms with E-state index >= 15 is 0 Å². The van der Waals surface area contributed by atoms with Gasteiger partial charge in [0.15, 0.2) is 5.16 Å². The van der Waals surface area contributed by atoms with Crippen molar-refractivity contribution in [1.82, 2.24) is 14.9 Å². The molecule has 9 heteroatoms. The Bertz CT molecular complexity index is 1030. The van der Waals surface area contributed by atoms with Crippen LogP contribution in [0, 0.1) is 17.8 Å². The molecule has 1 heterocycles. The number of hydrogen-bond acceptors (Lipinski definition) is 5. The van der Waals surface area contributed by atoms with Crippen LogP contribution in [0.4, 0.5) is 0 Å². The van der Waals surface area contributed by atoms with E-state index in [1.54, 1.807) is 6.07 Å². The van der Waals surface area contributed by atoms with Crippen LogP contribution in [0.5, 0.6) is 0 Å². The minimum absolute atomic E-state index is 0.0187. The highest BCUT2D eigenvalue weighted by Crippen LogP contribution is 2.49. The first-order valence-corrected chi connectivity index (χ1v) is 12.7. The fourth-order valence-electron chi connectivity index (χ4n) is 5.12. The Morgan fingerprint density at radius 1 is 1.38 bits per heavy atom. The standard InChI is InChI=1S/C20H28N4O3S2/c1-3-24-18-7-6-15(29(21,26)27)10-17(18)23-20(24)28-11-19(25)22-12(2)16-9-13-4-5-14(16)8-13/h6-7,10,12-14,16H,3-5,8-9,11H2,1-2H3,(H,22,25)(H2,21,26,27)/t12-,13-,14-,16+/m1/s1. The van der Waals surface area contributed by atoms with Crippen LogP contribution in [0.25, 0.3) is 11.0 Å². The van der Waals surface area contributed by atoms with Crippen LogP contribution in [0.15, 0.2) is 28.3 Å². The first-order valence-electron chi connectivity index (χ1n) is 10.2. The Kier molecular flexibility index (Phi) is 5.65. The number of carbonyl (C=O) groups is 1. The van der Waals surface area contributed by atoms with Crippen LogP contribution in [0.2, 0.25) is 0 Å². The van der Waals surface area contributed by atoms with Gasteiger partial charge in [0.2, 0.25) is 15.9 Å². The highest BCUT2D eigenvalue weighted by molar-refractivity contribution is 7.99. The number of primary sulfonamides is 1. The third kappa shape index (κ3) is 4.18. The maximum absolute atomic E-state index is 12.5. The van der Waals surface area contributed by atoms with Gasteiger partial charge in [-0.25, -0.2) is 18.5 Å². The number of rotatable bonds is 7. The van der Waals surface area contributed by atoms with E-state index in [-0.39, 0.29) is 22.6 Å². The molecule has 0 unspecified atom stereocenters. The smallest absolute Gasteiger partial charge is 0.238 e. The third-order valence-electron chi connectivity index (χ3n) is 6.49. The number of hydrogen-bond donors (Lipinski definition) is 2. The molecule has 1 amide bonds. The van der Waals surface area contributed by atoms with Gasteiger partial charge in [-0.3, -0.25) is 4.79 Å². The number of amides is 1. The summed E-state index contributed by atoms with van der Waals surface area (Å²) in [5.41, 5.74) is 1.40. The van der Waals surface area contributed by atoms with Gasteiger partial charge in [0.05, 0.1) is 21.7 Å². The number of sulfonamides is 1. The summed E-state index contributed by atoms with van der Waals surface area (Å²) in [4.78, 5) is 17.1. The van der Waals surface area contributed by atoms with Gasteiger partial charge in [-0.1, -0.05) is 18.2 Å².